The molecule has 0 radical (unpaired) electrons. The van der Waals surface area contributed by atoms with E-state index in [1.165, 1.54) is 18.1 Å². The maximum Gasteiger partial charge on any atom is 0.270 e. The summed E-state index contributed by atoms with van der Waals surface area (Å²) >= 11 is 14.8. The van der Waals surface area contributed by atoms with Crippen LogP contribution in [-0.4, -0.2) is 24.0 Å². The number of hydrogen-bond donors (Lipinski definition) is 1. The molecule has 0 aromatic heterocycles. The number of thiocarbonyl (C=S) groups is 1. The topological polar surface area (TPSA) is 67.9 Å². The third-order valence-electron chi connectivity index (χ3n) is 6.00. The molecule has 0 spiro atoms. The highest BCUT2D eigenvalue weighted by Gasteiger charge is 2.34. The summed E-state index contributed by atoms with van der Waals surface area (Å²) in [7, 11) is 1.53. The Kier molecular flexibility index (Phi) is 7.46. The fourth-order valence-electron chi connectivity index (χ4n) is 4.18. The molecule has 1 saturated heterocycles. The van der Waals surface area contributed by atoms with E-state index in [-0.39, 0.29) is 10.7 Å². The summed E-state index contributed by atoms with van der Waals surface area (Å²) in [6, 6.07) is 24.2. The van der Waals surface area contributed by atoms with Crippen LogP contribution in [0.25, 0.3) is 16.8 Å². The lowest BCUT2D eigenvalue weighted by Gasteiger charge is -2.29. The third kappa shape index (κ3) is 5.15. The van der Waals surface area contributed by atoms with E-state index in [1.54, 1.807) is 36.4 Å². The van der Waals surface area contributed by atoms with Gasteiger partial charge in [0.1, 0.15) is 12.2 Å². The van der Waals surface area contributed by atoms with Crippen molar-refractivity contribution >= 4 is 79.2 Å². The Morgan fingerprint density at radius 1 is 1.03 bits per heavy atom. The highest BCUT2D eigenvalue weighted by atomic mass is 79.9. The van der Waals surface area contributed by atoms with Crippen LogP contribution in [-0.2, 0) is 16.2 Å². The molecule has 1 fully saturated rings. The first kappa shape index (κ1) is 25.9. The summed E-state index contributed by atoms with van der Waals surface area (Å²) < 4.78 is 12.4. The molecular formula is C29H20BrClN2O4S. The highest BCUT2D eigenvalue weighted by molar-refractivity contribution is 9.10. The summed E-state index contributed by atoms with van der Waals surface area (Å²) in [4.78, 5) is 27.3. The van der Waals surface area contributed by atoms with Crippen molar-refractivity contribution in [2.24, 2.45) is 0 Å². The van der Waals surface area contributed by atoms with Gasteiger partial charge in [-0.1, -0.05) is 54.1 Å². The number of benzene rings is 4. The summed E-state index contributed by atoms with van der Waals surface area (Å²) in [5.74, 6) is -0.185. The van der Waals surface area contributed by atoms with Gasteiger partial charge in [-0.05, 0) is 92.5 Å². The van der Waals surface area contributed by atoms with Gasteiger partial charge in [-0.2, -0.15) is 0 Å². The quantitative estimate of drug-likeness (QED) is 0.151. The number of ether oxygens (including phenoxy) is 2. The number of fused-ring (bicyclic) bond motifs is 1. The predicted molar refractivity (Wildman–Crippen MR) is 157 cm³/mol. The van der Waals surface area contributed by atoms with E-state index >= 15 is 0 Å². The Hall–Kier alpha value is -3.72. The number of anilines is 1. The third-order valence-corrected chi connectivity index (χ3v) is 7.13. The first-order valence-electron chi connectivity index (χ1n) is 11.5. The monoisotopic (exact) mass is 606 g/mol. The molecule has 1 heterocycles. The number of methoxy groups -OCH3 is 1. The van der Waals surface area contributed by atoms with Gasteiger partial charge in [-0.15, -0.1) is 0 Å². The van der Waals surface area contributed by atoms with Crippen molar-refractivity contribution < 1.29 is 19.1 Å². The molecule has 2 amide bonds. The number of hydrogen-bond acceptors (Lipinski definition) is 5. The average molecular weight is 608 g/mol. The van der Waals surface area contributed by atoms with Crippen molar-refractivity contribution in [1.82, 2.24) is 5.32 Å². The first-order chi connectivity index (χ1) is 18.4. The maximum atomic E-state index is 13.3. The number of amides is 2. The number of carbonyl (C=O) groups is 2. The van der Waals surface area contributed by atoms with Crippen LogP contribution in [0.15, 0.2) is 88.9 Å². The minimum Gasteiger partial charge on any atom is -0.493 e. The van der Waals surface area contributed by atoms with Gasteiger partial charge in [0, 0.05) is 5.02 Å². The first-order valence-corrected chi connectivity index (χ1v) is 13.1. The van der Waals surface area contributed by atoms with Gasteiger partial charge in [-0.25, -0.2) is 0 Å². The SMILES string of the molecule is COc1cc(C=C2C(=O)NC(=S)N(c3ccc(Cl)cc3)C2=O)cc(Br)c1OCc1cccc2ccccc12. The second kappa shape index (κ2) is 10.9. The average Bonchev–Trinajstić information content (AvgIpc) is 2.91. The summed E-state index contributed by atoms with van der Waals surface area (Å²) in [6.07, 6.45) is 1.49. The summed E-state index contributed by atoms with van der Waals surface area (Å²) in [5.41, 5.74) is 2.01. The van der Waals surface area contributed by atoms with Crippen LogP contribution in [0.4, 0.5) is 5.69 Å². The Morgan fingerprint density at radius 2 is 1.76 bits per heavy atom. The van der Waals surface area contributed by atoms with Crippen molar-refractivity contribution in [2.45, 2.75) is 6.61 Å². The van der Waals surface area contributed by atoms with Crippen LogP contribution in [0.3, 0.4) is 0 Å². The van der Waals surface area contributed by atoms with Gasteiger partial charge in [0.25, 0.3) is 11.8 Å². The molecule has 0 unspecified atom stereocenters. The largest absolute Gasteiger partial charge is 0.493 e. The molecule has 1 N–H and O–H groups in total. The highest BCUT2D eigenvalue weighted by Crippen LogP contribution is 2.38. The van der Waals surface area contributed by atoms with Crippen molar-refractivity contribution in [3.63, 3.8) is 0 Å². The molecule has 9 heteroatoms. The molecule has 0 atom stereocenters. The molecule has 1 aliphatic rings. The zero-order valence-electron chi connectivity index (χ0n) is 20.0. The van der Waals surface area contributed by atoms with E-state index < -0.39 is 11.8 Å². The molecule has 38 heavy (non-hydrogen) atoms. The fourth-order valence-corrected chi connectivity index (χ4v) is 5.16. The lowest BCUT2D eigenvalue weighted by atomic mass is 10.1. The van der Waals surface area contributed by atoms with Gasteiger partial charge in [-0.3, -0.25) is 19.8 Å². The Balaban J connectivity index is 1.44. The van der Waals surface area contributed by atoms with Crippen molar-refractivity contribution in [3.05, 3.63) is 105 Å². The van der Waals surface area contributed by atoms with Crippen LogP contribution in [0.1, 0.15) is 11.1 Å². The number of nitrogens with zero attached hydrogens (tertiary/aromatic N) is 1. The minimum absolute atomic E-state index is 0.00424. The Labute approximate surface area is 237 Å². The molecule has 4 aromatic rings. The summed E-state index contributed by atoms with van der Waals surface area (Å²) in [5, 5.41) is 5.33. The van der Waals surface area contributed by atoms with Gasteiger partial charge >= 0.3 is 0 Å². The van der Waals surface area contributed by atoms with Gasteiger partial charge in [0.05, 0.1) is 17.3 Å². The van der Waals surface area contributed by atoms with Crippen LogP contribution in [0.2, 0.25) is 5.02 Å². The number of halogens is 2. The zero-order chi connectivity index (χ0) is 26.8. The molecule has 6 nitrogen and oxygen atoms in total. The standard InChI is InChI=1S/C29H20BrClN2O4S/c1-36-25-15-17(13-23-27(34)32-29(38)33(28(23)35)21-11-9-20(31)10-12-21)14-24(30)26(25)37-16-19-7-4-6-18-5-2-3-8-22(18)19/h2-15H,16H2,1H3,(H,32,34,38). The molecule has 4 aromatic carbocycles. The van der Waals surface area contributed by atoms with Crippen LogP contribution in [0.5, 0.6) is 11.5 Å². The van der Waals surface area contributed by atoms with Gasteiger partial charge in [0.2, 0.25) is 0 Å². The van der Waals surface area contributed by atoms with Gasteiger partial charge in [0.15, 0.2) is 16.6 Å². The van der Waals surface area contributed by atoms with Crippen molar-refractivity contribution in [3.8, 4) is 11.5 Å². The van der Waals surface area contributed by atoms with Crippen LogP contribution < -0.4 is 19.7 Å². The van der Waals surface area contributed by atoms with E-state index in [0.29, 0.717) is 38.9 Å². The van der Waals surface area contributed by atoms with E-state index in [4.69, 9.17) is 33.3 Å². The summed E-state index contributed by atoms with van der Waals surface area (Å²) in [6.45, 7) is 0.325. The lowest BCUT2D eigenvalue weighted by molar-refractivity contribution is -0.122. The second-order valence-corrected chi connectivity index (χ2v) is 10.1. The smallest absolute Gasteiger partial charge is 0.270 e. The molecule has 0 aliphatic carbocycles. The molecule has 190 valence electrons. The van der Waals surface area contributed by atoms with Crippen LogP contribution >= 0.6 is 39.7 Å². The Bertz CT molecular complexity index is 1620. The van der Waals surface area contributed by atoms with Crippen molar-refractivity contribution in [1.29, 1.82) is 0 Å². The molecule has 5 rings (SSSR count). The van der Waals surface area contributed by atoms with E-state index in [0.717, 1.165) is 16.3 Å². The van der Waals surface area contributed by atoms with E-state index in [2.05, 4.69) is 39.4 Å². The van der Waals surface area contributed by atoms with Gasteiger partial charge < -0.3 is 9.47 Å². The molecule has 1 aliphatic heterocycles. The zero-order valence-corrected chi connectivity index (χ0v) is 23.2. The molecular weight excluding hydrogens is 588 g/mol. The maximum absolute atomic E-state index is 13.3. The normalized spacial score (nSPS) is 14.7. The lowest BCUT2D eigenvalue weighted by Crippen LogP contribution is -2.54. The molecule has 0 bridgehead atoms. The second-order valence-electron chi connectivity index (χ2n) is 8.40. The Morgan fingerprint density at radius 3 is 2.53 bits per heavy atom. The minimum atomic E-state index is -0.586. The molecule has 0 saturated carbocycles. The van der Waals surface area contributed by atoms with E-state index in [1.807, 2.05) is 24.3 Å². The number of rotatable bonds is 6. The number of nitrogens with one attached hydrogen (secondary N) is 1. The van der Waals surface area contributed by atoms with Crippen LogP contribution in [0, 0.1) is 0 Å². The van der Waals surface area contributed by atoms with E-state index in [9.17, 15) is 9.59 Å². The predicted octanol–water partition coefficient (Wildman–Crippen LogP) is 6.67. The van der Waals surface area contributed by atoms with Crippen molar-refractivity contribution in [2.75, 3.05) is 12.0 Å². The fraction of sp³-hybridized carbons (Fsp3) is 0.0690. The number of carbonyl (C=O) groups excluding carboxylic acids is 2.